The molecule has 1 rings (SSSR count). The molecule has 0 saturated heterocycles. The first-order chi connectivity index (χ1) is 6.79. The number of halogens is 1. The van der Waals surface area contributed by atoms with Crippen molar-refractivity contribution < 1.29 is 0 Å². The Kier molecular flexibility index (Phi) is 10.0. The number of rotatable bonds is 3. The quantitative estimate of drug-likeness (QED) is 0.745. The predicted octanol–water partition coefficient (Wildman–Crippen LogP) is 3.29. The maximum Gasteiger partial charge on any atom is 0.0395 e. The van der Waals surface area contributed by atoms with Crippen LogP contribution < -0.4 is 4.90 Å². The molecule has 0 bridgehead atoms. The molecule has 0 aliphatic heterocycles. The Morgan fingerprint density at radius 1 is 1.07 bits per heavy atom. The largest absolute Gasteiger partial charge is 0.372 e. The number of nitrogens with zero attached hydrogens (tertiary/aromatic N) is 3. The van der Waals surface area contributed by atoms with Crippen molar-refractivity contribution in [3.05, 3.63) is 29.8 Å². The molecule has 0 saturated carbocycles. The molecular formula is C11H18ClN3. The van der Waals surface area contributed by atoms with Gasteiger partial charge in [0.15, 0.2) is 0 Å². The number of hydrogen-bond donors (Lipinski definition) is 0. The maximum absolute atomic E-state index is 6.00. The topological polar surface area (TPSA) is 50.8 Å². The summed E-state index contributed by atoms with van der Waals surface area (Å²) in [6.07, 6.45) is 0. The monoisotopic (exact) mass is 227 g/mol. The molecule has 4 heteroatoms. The molecule has 0 aromatic heterocycles. The van der Waals surface area contributed by atoms with Crippen LogP contribution in [0.5, 0.6) is 0 Å². The molecule has 0 heterocycles. The third-order valence-electron chi connectivity index (χ3n) is 2.22. The minimum atomic E-state index is 0. The highest BCUT2D eigenvalue weighted by atomic mass is 35.5. The molecule has 0 aliphatic carbocycles. The van der Waals surface area contributed by atoms with E-state index in [1.54, 1.807) is 0 Å². The van der Waals surface area contributed by atoms with Crippen LogP contribution in [0.4, 0.5) is 5.69 Å². The highest BCUT2D eigenvalue weighted by molar-refractivity contribution is 5.85. The molecule has 1 aromatic rings. The van der Waals surface area contributed by atoms with Crippen molar-refractivity contribution >= 4 is 18.1 Å². The zero-order chi connectivity index (χ0) is 11.0. The van der Waals surface area contributed by atoms with Crippen LogP contribution in [0.3, 0.4) is 0 Å². The lowest BCUT2D eigenvalue weighted by Gasteiger charge is -2.22. The summed E-state index contributed by atoms with van der Waals surface area (Å²) >= 11 is 0. The molecule has 3 nitrogen and oxygen atoms in total. The summed E-state index contributed by atoms with van der Waals surface area (Å²) in [6, 6.07) is 8.53. The average Bonchev–Trinajstić information content (AvgIpc) is 2.25. The summed E-state index contributed by atoms with van der Waals surface area (Å²) in [5.74, 6) is 0. The zero-order valence-corrected chi connectivity index (χ0v) is 10.3. The molecule has 1 aromatic carbocycles. The lowest BCUT2D eigenvalue weighted by atomic mass is 10.2. The smallest absolute Gasteiger partial charge is 0.0395 e. The van der Waals surface area contributed by atoms with E-state index in [1.165, 1.54) is 11.3 Å². The van der Waals surface area contributed by atoms with E-state index >= 15 is 0 Å². The number of anilines is 1. The van der Waals surface area contributed by atoms with E-state index in [-0.39, 0.29) is 12.4 Å². The van der Waals surface area contributed by atoms with Crippen molar-refractivity contribution in [2.45, 2.75) is 20.8 Å². The Morgan fingerprint density at radius 2 is 1.53 bits per heavy atom. The van der Waals surface area contributed by atoms with Crippen molar-refractivity contribution in [1.82, 2.24) is 0 Å². The van der Waals surface area contributed by atoms with Gasteiger partial charge in [-0.1, -0.05) is 18.2 Å². The van der Waals surface area contributed by atoms with E-state index in [0.29, 0.717) is 0 Å². The highest BCUT2D eigenvalue weighted by Gasteiger charge is 2.02. The van der Waals surface area contributed by atoms with E-state index in [9.17, 15) is 0 Å². The molecule has 0 spiro atoms. The lowest BCUT2D eigenvalue weighted by molar-refractivity contribution is 0.862. The van der Waals surface area contributed by atoms with E-state index in [4.69, 9.17) is 10.8 Å². The van der Waals surface area contributed by atoms with Crippen molar-refractivity contribution in [2.24, 2.45) is 0 Å². The van der Waals surface area contributed by atoms with Crippen LogP contribution in [-0.4, -0.2) is 13.1 Å². The van der Waals surface area contributed by atoms with E-state index < -0.39 is 0 Å². The number of benzene rings is 1. The van der Waals surface area contributed by atoms with Gasteiger partial charge in [-0.3, -0.25) is 0 Å². The van der Waals surface area contributed by atoms with Crippen LogP contribution in [-0.2, 0) is 0 Å². The summed E-state index contributed by atoms with van der Waals surface area (Å²) in [7, 11) is 0. The highest BCUT2D eigenvalue weighted by Crippen LogP contribution is 2.18. The number of hydrogen-bond acceptors (Lipinski definition) is 3. The molecule has 0 fully saturated rings. The van der Waals surface area contributed by atoms with E-state index in [0.717, 1.165) is 13.1 Å². The van der Waals surface area contributed by atoms with E-state index in [1.807, 2.05) is 0 Å². The predicted molar refractivity (Wildman–Crippen MR) is 65.4 cm³/mol. The fraction of sp³-hybridized carbons (Fsp3) is 0.455. The third-order valence-corrected chi connectivity index (χ3v) is 2.22. The Balaban J connectivity index is 0. The molecule has 0 unspecified atom stereocenters. The maximum atomic E-state index is 6.00. The molecule has 0 amide bonds. The molecule has 0 N–H and O–H groups in total. The van der Waals surface area contributed by atoms with Gasteiger partial charge in [-0.05, 0) is 32.4 Å². The number of para-hydroxylation sites is 1. The van der Waals surface area contributed by atoms with Gasteiger partial charge in [0.25, 0.3) is 0 Å². The van der Waals surface area contributed by atoms with Gasteiger partial charge in [0.05, 0.1) is 0 Å². The Labute approximate surface area is 97.9 Å². The summed E-state index contributed by atoms with van der Waals surface area (Å²) in [5.41, 5.74) is 2.73. The van der Waals surface area contributed by atoms with Crippen molar-refractivity contribution in [2.75, 3.05) is 18.0 Å². The van der Waals surface area contributed by atoms with Crippen LogP contribution in [0.15, 0.2) is 24.3 Å². The number of aryl methyl sites for hydroxylation is 1. The van der Waals surface area contributed by atoms with Crippen molar-refractivity contribution in [3.63, 3.8) is 0 Å². The first-order valence-corrected chi connectivity index (χ1v) is 4.80. The lowest BCUT2D eigenvalue weighted by Crippen LogP contribution is -2.22. The van der Waals surface area contributed by atoms with Gasteiger partial charge in [0.1, 0.15) is 0 Å². The molecular weight excluding hydrogens is 210 g/mol. The Morgan fingerprint density at radius 3 is 1.93 bits per heavy atom. The second-order valence-electron chi connectivity index (χ2n) is 2.96. The van der Waals surface area contributed by atoms with Gasteiger partial charge in [0, 0.05) is 29.6 Å². The second-order valence-corrected chi connectivity index (χ2v) is 2.96. The third kappa shape index (κ3) is 4.66. The minimum absolute atomic E-state index is 0. The molecule has 15 heavy (non-hydrogen) atoms. The summed E-state index contributed by atoms with van der Waals surface area (Å²) < 4.78 is 0. The van der Waals surface area contributed by atoms with Gasteiger partial charge in [0.2, 0.25) is 0 Å². The van der Waals surface area contributed by atoms with Gasteiger partial charge in [-0.2, -0.15) is 0 Å². The molecule has 0 radical (unpaired) electrons. The van der Waals surface area contributed by atoms with Gasteiger partial charge in [-0.15, -0.1) is 12.4 Å². The SMILES string of the molecule is CCN(CC)c1ccccc1C.Cl.N#N. The van der Waals surface area contributed by atoms with Crippen LogP contribution in [0, 0.1) is 17.7 Å². The normalized spacial score (nSPS) is 8.07. The summed E-state index contributed by atoms with van der Waals surface area (Å²) in [4.78, 5) is 2.37. The second kappa shape index (κ2) is 9.29. The van der Waals surface area contributed by atoms with Crippen LogP contribution >= 0.6 is 12.4 Å². The molecule has 0 aliphatic rings. The van der Waals surface area contributed by atoms with E-state index in [2.05, 4.69) is 49.9 Å². The van der Waals surface area contributed by atoms with Gasteiger partial charge >= 0.3 is 0 Å². The first kappa shape index (κ1) is 16.2. The van der Waals surface area contributed by atoms with Gasteiger partial charge in [-0.25, -0.2) is 0 Å². The fourth-order valence-electron chi connectivity index (χ4n) is 1.48. The molecule has 84 valence electrons. The van der Waals surface area contributed by atoms with Crippen LogP contribution in [0.2, 0.25) is 0 Å². The van der Waals surface area contributed by atoms with Crippen LogP contribution in [0.25, 0.3) is 0 Å². The zero-order valence-electron chi connectivity index (χ0n) is 9.47. The standard InChI is InChI=1S/C11H17N.ClH.N2/c1-4-12(5-2)11-9-7-6-8-10(11)3;;1-2/h6-9H,4-5H2,1-3H3;1H;. The first-order valence-electron chi connectivity index (χ1n) is 4.80. The Bertz CT molecular complexity index is 282. The summed E-state index contributed by atoms with van der Waals surface area (Å²) in [6.45, 7) is 8.71. The Hall–Kier alpha value is -1.27. The molecule has 0 atom stereocenters. The van der Waals surface area contributed by atoms with Crippen molar-refractivity contribution in [3.8, 4) is 0 Å². The average molecular weight is 228 g/mol. The van der Waals surface area contributed by atoms with Crippen molar-refractivity contribution in [1.29, 1.82) is 10.8 Å². The van der Waals surface area contributed by atoms with Crippen LogP contribution in [0.1, 0.15) is 19.4 Å². The minimum Gasteiger partial charge on any atom is -0.372 e. The summed E-state index contributed by atoms with van der Waals surface area (Å²) in [5, 5.41) is 12.0. The fourth-order valence-corrected chi connectivity index (χ4v) is 1.48. The van der Waals surface area contributed by atoms with Gasteiger partial charge < -0.3 is 4.90 Å².